The van der Waals surface area contributed by atoms with Gasteiger partial charge in [-0.1, -0.05) is 11.6 Å². The molecule has 3 amide bonds. The van der Waals surface area contributed by atoms with E-state index in [0.717, 1.165) is 32.0 Å². The molecule has 0 spiro atoms. The van der Waals surface area contributed by atoms with Crippen molar-refractivity contribution in [1.82, 2.24) is 14.8 Å². The van der Waals surface area contributed by atoms with Gasteiger partial charge in [-0.15, -0.1) is 0 Å². The average molecular weight is 409 g/mol. The number of likely N-dealkylation sites (N-methyl/N-ethyl adjacent to an activating group) is 1. The maximum atomic E-state index is 12.0. The van der Waals surface area contributed by atoms with Gasteiger partial charge >= 0.3 is 6.03 Å². The Morgan fingerprint density at radius 2 is 1.92 bits per heavy atom. The molecule has 3 rings (SSSR count). The van der Waals surface area contributed by atoms with Gasteiger partial charge < -0.3 is 9.88 Å². The predicted octanol–water partition coefficient (Wildman–Crippen LogP) is 4.03. The van der Waals surface area contributed by atoms with E-state index in [1.54, 1.807) is 6.08 Å². The minimum atomic E-state index is -0.417. The van der Waals surface area contributed by atoms with Crippen LogP contribution in [0, 0.1) is 13.8 Å². The maximum Gasteiger partial charge on any atom is 0.328 e. The lowest BCUT2D eigenvalue weighted by molar-refractivity contribution is -0.121. The highest BCUT2D eigenvalue weighted by molar-refractivity contribution is 9.10. The summed E-state index contributed by atoms with van der Waals surface area (Å²) in [5.74, 6) is -0.337. The number of nitrogens with zero attached hydrogens (tertiary/aromatic N) is 2. The monoisotopic (exact) mass is 407 g/mol. The van der Waals surface area contributed by atoms with Gasteiger partial charge in [0.2, 0.25) is 0 Å². The fraction of sp³-hybridized carbons (Fsp3) is 0.176. The van der Waals surface area contributed by atoms with Gasteiger partial charge in [0.1, 0.15) is 5.70 Å². The number of nitrogens with one attached hydrogen (secondary N) is 1. The standard InChI is InChI=1S/C17H15BrClN3O2/c1-9-6-11(7-15-16(23)21(3)17(24)20-15)10(2)22(9)12-4-5-13(18)14(19)8-12/h4-8H,1-3H3,(H,20,24)/b15-7+. The lowest BCUT2D eigenvalue weighted by Crippen LogP contribution is -2.25. The van der Waals surface area contributed by atoms with Crippen molar-refractivity contribution in [1.29, 1.82) is 0 Å². The van der Waals surface area contributed by atoms with Crippen molar-refractivity contribution in [3.63, 3.8) is 0 Å². The van der Waals surface area contributed by atoms with E-state index in [9.17, 15) is 9.59 Å². The molecular formula is C17H15BrClN3O2. The first-order valence-corrected chi connectivity index (χ1v) is 8.42. The first kappa shape index (κ1) is 16.8. The molecule has 0 aliphatic carbocycles. The number of amides is 3. The molecule has 1 aromatic carbocycles. The van der Waals surface area contributed by atoms with Crippen LogP contribution in [0.1, 0.15) is 17.0 Å². The van der Waals surface area contributed by atoms with Crippen LogP contribution in [-0.2, 0) is 4.79 Å². The second-order valence-corrected chi connectivity index (χ2v) is 6.87. The van der Waals surface area contributed by atoms with Gasteiger partial charge in [-0.05, 0) is 65.7 Å². The van der Waals surface area contributed by atoms with Crippen molar-refractivity contribution >= 4 is 45.5 Å². The Balaban J connectivity index is 2.06. The molecule has 0 atom stereocenters. The summed E-state index contributed by atoms with van der Waals surface area (Å²) in [5, 5.41) is 3.20. The van der Waals surface area contributed by atoms with Gasteiger partial charge in [0.05, 0.1) is 5.02 Å². The van der Waals surface area contributed by atoms with Crippen molar-refractivity contribution < 1.29 is 9.59 Å². The molecule has 0 saturated carbocycles. The van der Waals surface area contributed by atoms with Crippen LogP contribution in [0.3, 0.4) is 0 Å². The number of aryl methyl sites for hydroxylation is 1. The molecule has 0 bridgehead atoms. The Labute approximate surface area is 153 Å². The number of aromatic nitrogens is 1. The zero-order valence-electron chi connectivity index (χ0n) is 13.4. The van der Waals surface area contributed by atoms with E-state index in [-0.39, 0.29) is 11.6 Å². The number of halogens is 2. The molecule has 24 heavy (non-hydrogen) atoms. The highest BCUT2D eigenvalue weighted by Crippen LogP contribution is 2.28. The van der Waals surface area contributed by atoms with Gasteiger partial charge in [0.25, 0.3) is 5.91 Å². The molecular weight excluding hydrogens is 394 g/mol. The Morgan fingerprint density at radius 1 is 1.21 bits per heavy atom. The third-order valence-electron chi connectivity index (χ3n) is 4.01. The summed E-state index contributed by atoms with van der Waals surface area (Å²) in [6, 6.07) is 7.28. The molecule has 1 N–H and O–H groups in total. The number of rotatable bonds is 2. The highest BCUT2D eigenvalue weighted by Gasteiger charge is 2.30. The smallest absolute Gasteiger partial charge is 0.318 e. The van der Waals surface area contributed by atoms with E-state index >= 15 is 0 Å². The van der Waals surface area contributed by atoms with Crippen LogP contribution in [0.25, 0.3) is 11.8 Å². The molecule has 1 aliphatic heterocycles. The van der Waals surface area contributed by atoms with E-state index in [1.807, 2.05) is 38.1 Å². The number of carbonyl (C=O) groups excluding carboxylic acids is 2. The summed E-state index contributed by atoms with van der Waals surface area (Å²) in [6.07, 6.45) is 1.70. The van der Waals surface area contributed by atoms with Crippen LogP contribution in [0.15, 0.2) is 34.4 Å². The molecule has 0 radical (unpaired) electrons. The molecule has 1 saturated heterocycles. The molecule has 1 aliphatic rings. The molecule has 0 unspecified atom stereocenters. The van der Waals surface area contributed by atoms with E-state index < -0.39 is 6.03 Å². The first-order chi connectivity index (χ1) is 11.3. The fourth-order valence-corrected chi connectivity index (χ4v) is 3.16. The minimum absolute atomic E-state index is 0.275. The topological polar surface area (TPSA) is 54.3 Å². The zero-order chi connectivity index (χ0) is 17.6. The van der Waals surface area contributed by atoms with E-state index in [1.165, 1.54) is 7.05 Å². The van der Waals surface area contributed by atoms with E-state index in [4.69, 9.17) is 11.6 Å². The van der Waals surface area contributed by atoms with Crippen molar-refractivity contribution in [3.05, 3.63) is 56.4 Å². The summed E-state index contributed by atoms with van der Waals surface area (Å²) in [7, 11) is 1.45. The Morgan fingerprint density at radius 3 is 2.50 bits per heavy atom. The third-order valence-corrected chi connectivity index (χ3v) is 5.25. The second-order valence-electron chi connectivity index (χ2n) is 5.61. The zero-order valence-corrected chi connectivity index (χ0v) is 15.7. The number of carbonyl (C=O) groups is 2. The maximum absolute atomic E-state index is 12.0. The van der Waals surface area contributed by atoms with Gasteiger partial charge in [-0.3, -0.25) is 9.69 Å². The molecule has 124 valence electrons. The molecule has 7 heteroatoms. The van der Waals surface area contributed by atoms with Crippen LogP contribution in [0.2, 0.25) is 5.02 Å². The first-order valence-electron chi connectivity index (χ1n) is 7.24. The van der Waals surface area contributed by atoms with Gasteiger partial charge in [-0.2, -0.15) is 0 Å². The summed E-state index contributed by atoms with van der Waals surface area (Å²) in [4.78, 5) is 24.6. The minimum Gasteiger partial charge on any atom is -0.318 e. The van der Waals surface area contributed by atoms with Crippen LogP contribution in [-0.4, -0.2) is 28.5 Å². The fourth-order valence-electron chi connectivity index (χ4n) is 2.73. The van der Waals surface area contributed by atoms with Gasteiger partial charge in [-0.25, -0.2) is 4.79 Å². The summed E-state index contributed by atoms with van der Waals surface area (Å²) in [5.41, 5.74) is 4.03. The highest BCUT2D eigenvalue weighted by atomic mass is 79.9. The van der Waals surface area contributed by atoms with Crippen LogP contribution in [0.4, 0.5) is 4.79 Å². The summed E-state index contributed by atoms with van der Waals surface area (Å²) >= 11 is 9.58. The van der Waals surface area contributed by atoms with Crippen molar-refractivity contribution in [3.8, 4) is 5.69 Å². The predicted molar refractivity (Wildman–Crippen MR) is 97.2 cm³/mol. The van der Waals surface area contributed by atoms with Gasteiger partial charge in [0, 0.05) is 28.6 Å². The number of benzene rings is 1. The second kappa shape index (κ2) is 6.11. The van der Waals surface area contributed by atoms with Crippen LogP contribution in [0.5, 0.6) is 0 Å². The molecule has 2 heterocycles. The lowest BCUT2D eigenvalue weighted by Gasteiger charge is -2.10. The number of hydrogen-bond acceptors (Lipinski definition) is 2. The van der Waals surface area contributed by atoms with Crippen molar-refractivity contribution in [2.75, 3.05) is 7.05 Å². The van der Waals surface area contributed by atoms with E-state index in [0.29, 0.717) is 5.02 Å². The normalized spacial score (nSPS) is 16.2. The Kier molecular flexibility index (Phi) is 4.27. The van der Waals surface area contributed by atoms with Crippen LogP contribution >= 0.6 is 27.5 Å². The quantitative estimate of drug-likeness (QED) is 0.602. The Hall–Kier alpha value is -2.05. The SMILES string of the molecule is Cc1cc(/C=C2/NC(=O)N(C)C2=O)c(C)n1-c1ccc(Br)c(Cl)c1. The molecule has 1 aromatic heterocycles. The Bertz CT molecular complexity index is 901. The van der Waals surface area contributed by atoms with Gasteiger partial charge in [0.15, 0.2) is 0 Å². The van der Waals surface area contributed by atoms with Crippen molar-refractivity contribution in [2.24, 2.45) is 0 Å². The summed E-state index contributed by atoms with van der Waals surface area (Å²) < 4.78 is 2.88. The van der Waals surface area contributed by atoms with Crippen LogP contribution < -0.4 is 5.32 Å². The number of hydrogen-bond donors (Lipinski definition) is 1. The summed E-state index contributed by atoms with van der Waals surface area (Å²) in [6.45, 7) is 3.94. The molecule has 1 fully saturated rings. The molecule has 5 nitrogen and oxygen atoms in total. The molecule has 2 aromatic rings. The third kappa shape index (κ3) is 2.76. The lowest BCUT2D eigenvalue weighted by atomic mass is 10.2. The largest absolute Gasteiger partial charge is 0.328 e. The van der Waals surface area contributed by atoms with E-state index in [2.05, 4.69) is 25.8 Å². The van der Waals surface area contributed by atoms with Crippen molar-refractivity contribution in [2.45, 2.75) is 13.8 Å². The number of imide groups is 1. The number of urea groups is 1. The average Bonchev–Trinajstić information content (AvgIpc) is 2.94.